The highest BCUT2D eigenvalue weighted by Crippen LogP contribution is 2.36. The quantitative estimate of drug-likeness (QED) is 0.777. The predicted octanol–water partition coefficient (Wildman–Crippen LogP) is 4.04. The van der Waals surface area contributed by atoms with Crippen LogP contribution in [0.3, 0.4) is 0 Å². The van der Waals surface area contributed by atoms with Gasteiger partial charge in [-0.05, 0) is 43.3 Å². The summed E-state index contributed by atoms with van der Waals surface area (Å²) in [5.74, 6) is 1.89. The van der Waals surface area contributed by atoms with E-state index in [1.165, 1.54) is 12.1 Å². The second kappa shape index (κ2) is 5.43. The Labute approximate surface area is 132 Å². The lowest BCUT2D eigenvalue weighted by atomic mass is 10.2. The third kappa shape index (κ3) is 2.54. The van der Waals surface area contributed by atoms with Crippen molar-refractivity contribution in [1.29, 1.82) is 0 Å². The zero-order chi connectivity index (χ0) is 15.8. The van der Waals surface area contributed by atoms with Crippen LogP contribution in [0.2, 0.25) is 0 Å². The Bertz CT molecular complexity index is 842. The Kier molecular flexibility index (Phi) is 3.26. The number of imidazole rings is 1. The molecular weight excluding hydrogens is 295 g/mol. The van der Waals surface area contributed by atoms with E-state index in [-0.39, 0.29) is 11.9 Å². The molecule has 1 aromatic heterocycles. The van der Waals surface area contributed by atoms with Crippen LogP contribution in [0.5, 0.6) is 11.5 Å². The molecule has 5 heteroatoms. The lowest BCUT2D eigenvalue weighted by molar-refractivity contribution is 0.0882. The number of benzene rings is 2. The molecule has 0 saturated carbocycles. The lowest BCUT2D eigenvalue weighted by Crippen LogP contribution is -2.22. The van der Waals surface area contributed by atoms with E-state index in [0.29, 0.717) is 12.4 Å². The van der Waals surface area contributed by atoms with Crippen LogP contribution in [0.15, 0.2) is 48.5 Å². The van der Waals surface area contributed by atoms with Crippen molar-refractivity contribution in [3.63, 3.8) is 0 Å². The second-order valence-electron chi connectivity index (χ2n) is 5.47. The Hall–Kier alpha value is -2.82. The van der Waals surface area contributed by atoms with E-state index in [0.717, 1.165) is 28.5 Å². The number of H-pyrrole nitrogens is 1. The average Bonchev–Trinajstić information content (AvgIpc) is 2.97. The molecule has 0 aliphatic carbocycles. The zero-order valence-electron chi connectivity index (χ0n) is 12.5. The largest absolute Gasteiger partial charge is 0.485 e. The van der Waals surface area contributed by atoms with Gasteiger partial charge in [0.15, 0.2) is 17.6 Å². The summed E-state index contributed by atoms with van der Waals surface area (Å²) in [7, 11) is 0. The number of rotatable bonds is 2. The molecule has 2 heterocycles. The first kappa shape index (κ1) is 13.8. The highest BCUT2D eigenvalue weighted by Gasteiger charge is 2.26. The van der Waals surface area contributed by atoms with Crippen molar-refractivity contribution >= 4 is 0 Å². The first-order chi connectivity index (χ1) is 11.2. The minimum Gasteiger partial charge on any atom is -0.485 e. The van der Waals surface area contributed by atoms with Gasteiger partial charge in [0.25, 0.3) is 0 Å². The van der Waals surface area contributed by atoms with Gasteiger partial charge < -0.3 is 14.5 Å². The van der Waals surface area contributed by atoms with Crippen LogP contribution >= 0.6 is 0 Å². The zero-order valence-corrected chi connectivity index (χ0v) is 12.5. The summed E-state index contributed by atoms with van der Waals surface area (Å²) in [6.07, 6.45) is -0.268. The third-order valence-corrected chi connectivity index (χ3v) is 3.85. The molecule has 0 amide bonds. The van der Waals surface area contributed by atoms with Crippen molar-refractivity contribution in [3.8, 4) is 22.9 Å². The molecule has 0 saturated heterocycles. The number of aryl methyl sites for hydroxylation is 1. The summed E-state index contributed by atoms with van der Waals surface area (Å²) >= 11 is 0. The molecule has 1 aliphatic rings. The molecule has 1 N–H and O–H groups in total. The maximum Gasteiger partial charge on any atom is 0.176 e. The maximum atomic E-state index is 13.1. The first-order valence-electron chi connectivity index (χ1n) is 7.41. The number of nitrogens with zero attached hydrogens (tertiary/aromatic N) is 1. The summed E-state index contributed by atoms with van der Waals surface area (Å²) < 4.78 is 24.8. The molecule has 1 aliphatic heterocycles. The summed E-state index contributed by atoms with van der Waals surface area (Å²) in [5, 5.41) is 0. The molecule has 0 fully saturated rings. The van der Waals surface area contributed by atoms with Crippen molar-refractivity contribution < 1.29 is 13.9 Å². The second-order valence-corrected chi connectivity index (χ2v) is 5.47. The number of hydrogen-bond donors (Lipinski definition) is 1. The molecule has 4 rings (SSSR count). The number of aromatic nitrogens is 2. The first-order valence-corrected chi connectivity index (χ1v) is 7.41. The number of hydrogen-bond acceptors (Lipinski definition) is 3. The Morgan fingerprint density at radius 1 is 1.09 bits per heavy atom. The van der Waals surface area contributed by atoms with E-state index >= 15 is 0 Å². The number of ether oxygens (including phenoxy) is 2. The predicted molar refractivity (Wildman–Crippen MR) is 84.0 cm³/mol. The van der Waals surface area contributed by atoms with Gasteiger partial charge in [0, 0.05) is 11.3 Å². The average molecular weight is 310 g/mol. The molecule has 2 aromatic carbocycles. The van der Waals surface area contributed by atoms with E-state index < -0.39 is 0 Å². The fourth-order valence-electron chi connectivity index (χ4n) is 2.69. The highest BCUT2D eigenvalue weighted by molar-refractivity contribution is 5.56. The molecule has 0 bridgehead atoms. The lowest BCUT2D eigenvalue weighted by Gasteiger charge is -2.25. The van der Waals surface area contributed by atoms with E-state index in [1.807, 2.05) is 31.2 Å². The normalized spacial score (nSPS) is 16.3. The van der Waals surface area contributed by atoms with Gasteiger partial charge in [-0.25, -0.2) is 9.37 Å². The fourth-order valence-corrected chi connectivity index (χ4v) is 2.69. The Morgan fingerprint density at radius 2 is 1.83 bits per heavy atom. The smallest absolute Gasteiger partial charge is 0.176 e. The Morgan fingerprint density at radius 3 is 2.61 bits per heavy atom. The number of para-hydroxylation sites is 2. The SMILES string of the molecule is Cc1[nH]c(-c2ccc(F)cc2)nc1C1COc2ccccc2O1. The van der Waals surface area contributed by atoms with Crippen molar-refractivity contribution in [2.24, 2.45) is 0 Å². The minimum absolute atomic E-state index is 0.266. The topological polar surface area (TPSA) is 47.1 Å². The summed E-state index contributed by atoms with van der Waals surface area (Å²) in [6.45, 7) is 2.35. The van der Waals surface area contributed by atoms with Crippen LogP contribution in [-0.2, 0) is 0 Å². The molecule has 23 heavy (non-hydrogen) atoms. The summed E-state index contributed by atoms with van der Waals surface area (Å²) in [4.78, 5) is 7.86. The molecule has 0 spiro atoms. The number of aromatic amines is 1. The molecule has 0 radical (unpaired) electrons. The van der Waals surface area contributed by atoms with Gasteiger partial charge in [0.2, 0.25) is 0 Å². The van der Waals surface area contributed by atoms with Crippen molar-refractivity contribution in [3.05, 3.63) is 65.7 Å². The fraction of sp³-hybridized carbons (Fsp3) is 0.167. The Balaban J connectivity index is 1.64. The van der Waals surface area contributed by atoms with Crippen LogP contribution in [-0.4, -0.2) is 16.6 Å². The molecular formula is C18H15FN2O2. The third-order valence-electron chi connectivity index (χ3n) is 3.85. The van der Waals surface area contributed by atoms with E-state index in [2.05, 4.69) is 9.97 Å². The van der Waals surface area contributed by atoms with Gasteiger partial charge >= 0.3 is 0 Å². The van der Waals surface area contributed by atoms with Crippen molar-refractivity contribution in [1.82, 2.24) is 9.97 Å². The maximum absolute atomic E-state index is 13.1. The van der Waals surface area contributed by atoms with Crippen molar-refractivity contribution in [2.75, 3.05) is 6.61 Å². The molecule has 3 aromatic rings. The monoisotopic (exact) mass is 310 g/mol. The summed E-state index contributed by atoms with van der Waals surface area (Å²) in [5.41, 5.74) is 2.55. The highest BCUT2D eigenvalue weighted by atomic mass is 19.1. The van der Waals surface area contributed by atoms with Crippen LogP contribution in [0, 0.1) is 12.7 Å². The standard InChI is InChI=1S/C18H15FN2O2/c1-11-17(16-10-22-14-4-2-3-5-15(14)23-16)21-18(20-11)12-6-8-13(19)9-7-12/h2-9,16H,10H2,1H3,(H,20,21). The number of fused-ring (bicyclic) bond motifs is 1. The molecule has 1 unspecified atom stereocenters. The number of halogens is 1. The van der Waals surface area contributed by atoms with Gasteiger partial charge in [0.1, 0.15) is 23.9 Å². The van der Waals surface area contributed by atoms with Gasteiger partial charge in [-0.15, -0.1) is 0 Å². The minimum atomic E-state index is -0.268. The molecule has 4 nitrogen and oxygen atoms in total. The van der Waals surface area contributed by atoms with E-state index in [4.69, 9.17) is 9.47 Å². The van der Waals surface area contributed by atoms with E-state index in [1.54, 1.807) is 12.1 Å². The number of nitrogens with one attached hydrogen (secondary N) is 1. The van der Waals surface area contributed by atoms with Gasteiger partial charge in [0.05, 0.1) is 0 Å². The van der Waals surface area contributed by atoms with Crippen LogP contribution in [0.4, 0.5) is 4.39 Å². The molecule has 116 valence electrons. The van der Waals surface area contributed by atoms with Crippen LogP contribution in [0.25, 0.3) is 11.4 Å². The van der Waals surface area contributed by atoms with Gasteiger partial charge in [-0.2, -0.15) is 0 Å². The van der Waals surface area contributed by atoms with Gasteiger partial charge in [-0.3, -0.25) is 0 Å². The molecule has 1 atom stereocenters. The van der Waals surface area contributed by atoms with E-state index in [9.17, 15) is 4.39 Å². The van der Waals surface area contributed by atoms with Crippen LogP contribution in [0.1, 0.15) is 17.5 Å². The van der Waals surface area contributed by atoms with Crippen molar-refractivity contribution in [2.45, 2.75) is 13.0 Å². The van der Waals surface area contributed by atoms with Crippen LogP contribution < -0.4 is 9.47 Å². The van der Waals surface area contributed by atoms with Gasteiger partial charge in [-0.1, -0.05) is 12.1 Å². The summed E-state index contributed by atoms with van der Waals surface area (Å²) in [6, 6.07) is 13.8.